The molecule has 2 N–H and O–H groups in total. The summed E-state index contributed by atoms with van der Waals surface area (Å²) in [6.07, 6.45) is 3.19. The Labute approximate surface area is 82.3 Å². The Morgan fingerprint density at radius 3 is 2.57 bits per heavy atom. The Hall–Kier alpha value is -1.17. The van der Waals surface area contributed by atoms with Crippen LogP contribution in [0.3, 0.4) is 0 Å². The highest BCUT2D eigenvalue weighted by Crippen LogP contribution is 2.39. The van der Waals surface area contributed by atoms with Gasteiger partial charge in [-0.25, -0.2) is 18.4 Å². The Balaban J connectivity index is 2.51. The molecule has 0 amide bonds. The van der Waals surface area contributed by atoms with Gasteiger partial charge in [0.15, 0.2) is 0 Å². The summed E-state index contributed by atoms with van der Waals surface area (Å²) in [4.78, 5) is 7.68. The molecule has 76 valence electrons. The van der Waals surface area contributed by atoms with Crippen molar-refractivity contribution in [1.29, 1.82) is 0 Å². The summed E-state index contributed by atoms with van der Waals surface area (Å²) in [6.45, 7) is 0. The summed E-state index contributed by atoms with van der Waals surface area (Å²) in [7, 11) is -3.36. The van der Waals surface area contributed by atoms with Crippen molar-refractivity contribution in [2.75, 3.05) is 12.0 Å². The molecule has 1 heterocycles. The first kappa shape index (κ1) is 9.39. The summed E-state index contributed by atoms with van der Waals surface area (Å²) >= 11 is 0. The molecule has 5 nitrogen and oxygen atoms in total. The molecule has 0 aliphatic heterocycles. The maximum atomic E-state index is 11.2. The molecule has 0 atom stereocenters. The molecule has 1 aliphatic rings. The van der Waals surface area contributed by atoms with E-state index in [2.05, 4.69) is 9.97 Å². The number of nitrogen functional groups attached to an aromatic ring is 1. The third kappa shape index (κ3) is 1.84. The Kier molecular flexibility index (Phi) is 1.95. The average molecular weight is 213 g/mol. The van der Waals surface area contributed by atoms with E-state index < -0.39 is 9.84 Å². The van der Waals surface area contributed by atoms with E-state index in [0.29, 0.717) is 5.92 Å². The first-order chi connectivity index (χ1) is 6.47. The molecule has 0 unspecified atom stereocenters. The first-order valence-corrected chi connectivity index (χ1v) is 6.20. The zero-order chi connectivity index (χ0) is 10.3. The molecule has 1 aromatic rings. The highest BCUT2D eigenvalue weighted by molar-refractivity contribution is 7.90. The first-order valence-electron chi connectivity index (χ1n) is 4.31. The third-order valence-electron chi connectivity index (χ3n) is 2.07. The zero-order valence-electron chi connectivity index (χ0n) is 7.77. The van der Waals surface area contributed by atoms with Gasteiger partial charge in [-0.15, -0.1) is 0 Å². The summed E-state index contributed by atoms with van der Waals surface area (Å²) in [5, 5.41) is -0.167. The number of nitrogens with zero attached hydrogens (tertiary/aromatic N) is 2. The van der Waals surface area contributed by atoms with E-state index in [0.717, 1.165) is 24.8 Å². The van der Waals surface area contributed by atoms with E-state index in [-0.39, 0.29) is 11.0 Å². The van der Waals surface area contributed by atoms with Crippen LogP contribution in [0.5, 0.6) is 0 Å². The van der Waals surface area contributed by atoms with Gasteiger partial charge in [0.1, 0.15) is 5.82 Å². The van der Waals surface area contributed by atoms with Crippen LogP contribution in [-0.4, -0.2) is 24.6 Å². The number of sulfone groups is 1. The normalized spacial score (nSPS) is 16.9. The zero-order valence-corrected chi connectivity index (χ0v) is 8.58. The van der Waals surface area contributed by atoms with Gasteiger partial charge >= 0.3 is 0 Å². The van der Waals surface area contributed by atoms with E-state index in [1.165, 1.54) is 0 Å². The molecule has 0 aromatic carbocycles. The van der Waals surface area contributed by atoms with Crippen LogP contribution in [0, 0.1) is 0 Å². The van der Waals surface area contributed by atoms with E-state index in [4.69, 9.17) is 5.73 Å². The Morgan fingerprint density at radius 2 is 2.07 bits per heavy atom. The Morgan fingerprint density at radius 1 is 1.43 bits per heavy atom. The molecule has 0 spiro atoms. The van der Waals surface area contributed by atoms with Crippen LogP contribution in [-0.2, 0) is 9.84 Å². The van der Waals surface area contributed by atoms with Gasteiger partial charge in [0.25, 0.3) is 0 Å². The van der Waals surface area contributed by atoms with E-state index in [1.54, 1.807) is 6.07 Å². The van der Waals surface area contributed by atoms with Crippen LogP contribution < -0.4 is 5.73 Å². The fourth-order valence-corrected chi connectivity index (χ4v) is 1.76. The standard InChI is InChI=1S/C8H11N3O2S/c1-14(12,13)8-10-6(5-2-3-5)4-7(9)11-8/h4-5H,2-3H2,1H3,(H2,9,10,11). The van der Waals surface area contributed by atoms with Gasteiger partial charge in [0, 0.05) is 18.2 Å². The fourth-order valence-electron chi connectivity index (χ4n) is 1.22. The van der Waals surface area contributed by atoms with Gasteiger partial charge in [-0.1, -0.05) is 0 Å². The predicted octanol–water partition coefficient (Wildman–Crippen LogP) is 0.340. The number of nitrogens with two attached hydrogens (primary N) is 1. The number of hydrogen-bond acceptors (Lipinski definition) is 5. The molecule has 0 saturated heterocycles. The molecular weight excluding hydrogens is 202 g/mol. The van der Waals surface area contributed by atoms with Gasteiger partial charge in [0.2, 0.25) is 15.0 Å². The second kappa shape index (κ2) is 2.91. The van der Waals surface area contributed by atoms with Crippen molar-refractivity contribution >= 4 is 15.7 Å². The van der Waals surface area contributed by atoms with Crippen LogP contribution in [0.15, 0.2) is 11.2 Å². The summed E-state index contributed by atoms with van der Waals surface area (Å²) in [5.41, 5.74) is 6.25. The topological polar surface area (TPSA) is 85.9 Å². The van der Waals surface area contributed by atoms with Gasteiger partial charge in [-0.2, -0.15) is 0 Å². The molecular formula is C8H11N3O2S. The average Bonchev–Trinajstić information content (AvgIpc) is 2.83. The number of anilines is 1. The second-order valence-electron chi connectivity index (χ2n) is 3.55. The monoisotopic (exact) mass is 213 g/mol. The van der Waals surface area contributed by atoms with Crippen molar-refractivity contribution in [2.24, 2.45) is 0 Å². The summed E-state index contributed by atoms with van der Waals surface area (Å²) in [5.74, 6) is 0.600. The fraction of sp³-hybridized carbons (Fsp3) is 0.500. The third-order valence-corrected chi connectivity index (χ3v) is 2.92. The van der Waals surface area contributed by atoms with Crippen molar-refractivity contribution in [1.82, 2.24) is 9.97 Å². The minimum atomic E-state index is -3.36. The maximum Gasteiger partial charge on any atom is 0.248 e. The van der Waals surface area contributed by atoms with Crippen molar-refractivity contribution in [2.45, 2.75) is 23.9 Å². The smallest absolute Gasteiger partial charge is 0.248 e. The molecule has 0 bridgehead atoms. The van der Waals surface area contributed by atoms with Crippen molar-refractivity contribution in [3.8, 4) is 0 Å². The molecule has 1 saturated carbocycles. The van der Waals surface area contributed by atoms with Crippen molar-refractivity contribution in [3.63, 3.8) is 0 Å². The van der Waals surface area contributed by atoms with Crippen molar-refractivity contribution in [3.05, 3.63) is 11.8 Å². The molecule has 1 aliphatic carbocycles. The lowest BCUT2D eigenvalue weighted by Crippen LogP contribution is -2.08. The van der Waals surface area contributed by atoms with E-state index in [9.17, 15) is 8.42 Å². The lowest BCUT2D eigenvalue weighted by molar-refractivity contribution is 0.592. The van der Waals surface area contributed by atoms with Crippen LogP contribution >= 0.6 is 0 Å². The van der Waals surface area contributed by atoms with Crippen LogP contribution in [0.2, 0.25) is 0 Å². The number of rotatable bonds is 2. The minimum absolute atomic E-state index is 0.167. The minimum Gasteiger partial charge on any atom is -0.384 e. The summed E-state index contributed by atoms with van der Waals surface area (Å²) in [6, 6.07) is 1.65. The van der Waals surface area contributed by atoms with Crippen molar-refractivity contribution < 1.29 is 8.42 Å². The van der Waals surface area contributed by atoms with Gasteiger partial charge in [-0.05, 0) is 12.8 Å². The molecule has 1 fully saturated rings. The predicted molar refractivity (Wildman–Crippen MR) is 51.5 cm³/mol. The Bertz CT molecular complexity index is 465. The molecule has 14 heavy (non-hydrogen) atoms. The molecule has 6 heteroatoms. The summed E-state index contributed by atoms with van der Waals surface area (Å²) < 4.78 is 22.4. The number of hydrogen-bond donors (Lipinski definition) is 1. The maximum absolute atomic E-state index is 11.2. The van der Waals surface area contributed by atoms with Crippen LogP contribution in [0.4, 0.5) is 5.82 Å². The van der Waals surface area contributed by atoms with E-state index >= 15 is 0 Å². The second-order valence-corrected chi connectivity index (χ2v) is 5.46. The molecule has 2 rings (SSSR count). The SMILES string of the molecule is CS(=O)(=O)c1nc(N)cc(C2CC2)n1. The largest absolute Gasteiger partial charge is 0.384 e. The van der Waals surface area contributed by atoms with Gasteiger partial charge < -0.3 is 5.73 Å². The quantitative estimate of drug-likeness (QED) is 0.716. The highest BCUT2D eigenvalue weighted by Gasteiger charge is 2.27. The lowest BCUT2D eigenvalue weighted by Gasteiger charge is -2.02. The van der Waals surface area contributed by atoms with Gasteiger partial charge in [-0.3, -0.25) is 0 Å². The van der Waals surface area contributed by atoms with Gasteiger partial charge in [0.05, 0.1) is 5.69 Å². The number of aromatic nitrogens is 2. The van der Waals surface area contributed by atoms with Crippen LogP contribution in [0.1, 0.15) is 24.5 Å². The molecule has 1 aromatic heterocycles. The molecule has 0 radical (unpaired) electrons. The lowest BCUT2D eigenvalue weighted by atomic mass is 10.3. The van der Waals surface area contributed by atoms with Crippen LogP contribution in [0.25, 0.3) is 0 Å². The van der Waals surface area contributed by atoms with E-state index in [1.807, 2.05) is 0 Å². The highest BCUT2D eigenvalue weighted by atomic mass is 32.2.